The molecule has 0 radical (unpaired) electrons. The summed E-state index contributed by atoms with van der Waals surface area (Å²) in [6, 6.07) is 11.4. The Morgan fingerprint density at radius 3 is 2.78 bits per heavy atom. The van der Waals surface area contributed by atoms with Gasteiger partial charge in [-0.25, -0.2) is 0 Å². The molecule has 122 valence electrons. The molecular formula is C19H24N2O2. The van der Waals surface area contributed by atoms with Gasteiger partial charge < -0.3 is 15.1 Å². The molecule has 1 amide bonds. The molecule has 2 aliphatic rings. The minimum Gasteiger partial charge on any atom is -0.461 e. The highest BCUT2D eigenvalue weighted by atomic mass is 16.3. The number of para-hydroxylation sites is 1. The minimum absolute atomic E-state index is 0.187. The van der Waals surface area contributed by atoms with E-state index in [-0.39, 0.29) is 5.91 Å². The van der Waals surface area contributed by atoms with E-state index < -0.39 is 0 Å². The SMILES string of the molecule is O=C(CC1CC2CCC(C1)N2)NCCc1cc2ccccc2o1. The predicted octanol–water partition coefficient (Wildman–Crippen LogP) is 3.01. The number of fused-ring (bicyclic) bond motifs is 3. The van der Waals surface area contributed by atoms with Crippen LogP contribution in [0.25, 0.3) is 11.0 Å². The molecule has 4 rings (SSSR count). The van der Waals surface area contributed by atoms with Gasteiger partial charge in [-0.2, -0.15) is 0 Å². The molecule has 23 heavy (non-hydrogen) atoms. The van der Waals surface area contributed by atoms with Gasteiger partial charge in [-0.1, -0.05) is 18.2 Å². The average Bonchev–Trinajstić information content (AvgIpc) is 3.09. The van der Waals surface area contributed by atoms with Crippen LogP contribution in [0.4, 0.5) is 0 Å². The first-order valence-corrected chi connectivity index (χ1v) is 8.76. The van der Waals surface area contributed by atoms with Crippen molar-refractivity contribution in [3.63, 3.8) is 0 Å². The van der Waals surface area contributed by atoms with Crippen LogP contribution in [0.15, 0.2) is 34.7 Å². The Bertz CT molecular complexity index is 648. The fourth-order valence-corrected chi connectivity index (χ4v) is 4.16. The number of amides is 1. The molecule has 0 saturated carbocycles. The summed E-state index contributed by atoms with van der Waals surface area (Å²) in [4.78, 5) is 12.1. The van der Waals surface area contributed by atoms with E-state index in [1.54, 1.807) is 0 Å². The van der Waals surface area contributed by atoms with Crippen LogP contribution >= 0.6 is 0 Å². The number of nitrogens with one attached hydrogen (secondary N) is 2. The number of hydrogen-bond donors (Lipinski definition) is 2. The third kappa shape index (κ3) is 3.42. The molecule has 2 bridgehead atoms. The summed E-state index contributed by atoms with van der Waals surface area (Å²) in [7, 11) is 0. The number of carbonyl (C=O) groups excluding carboxylic acids is 1. The van der Waals surface area contributed by atoms with Crippen molar-refractivity contribution < 1.29 is 9.21 Å². The van der Waals surface area contributed by atoms with Crippen molar-refractivity contribution in [2.45, 2.75) is 50.6 Å². The summed E-state index contributed by atoms with van der Waals surface area (Å²) >= 11 is 0. The number of hydrogen-bond acceptors (Lipinski definition) is 3. The van der Waals surface area contributed by atoms with Crippen LogP contribution in [0, 0.1) is 5.92 Å². The Labute approximate surface area is 136 Å². The quantitative estimate of drug-likeness (QED) is 0.892. The van der Waals surface area contributed by atoms with Gasteiger partial charge in [-0.15, -0.1) is 0 Å². The number of carbonyl (C=O) groups is 1. The molecule has 0 aliphatic carbocycles. The molecule has 2 fully saturated rings. The average molecular weight is 312 g/mol. The summed E-state index contributed by atoms with van der Waals surface area (Å²) < 4.78 is 5.78. The maximum atomic E-state index is 12.1. The normalized spacial score (nSPS) is 26.5. The van der Waals surface area contributed by atoms with Crippen LogP contribution in [0.1, 0.15) is 37.9 Å². The molecular weight excluding hydrogens is 288 g/mol. The highest BCUT2D eigenvalue weighted by Gasteiger charge is 2.34. The van der Waals surface area contributed by atoms with E-state index >= 15 is 0 Å². The summed E-state index contributed by atoms with van der Waals surface area (Å²) in [5.74, 6) is 1.68. The second-order valence-electron chi connectivity index (χ2n) is 7.03. The summed E-state index contributed by atoms with van der Waals surface area (Å²) in [6.45, 7) is 0.649. The zero-order valence-electron chi connectivity index (χ0n) is 13.4. The van der Waals surface area contributed by atoms with Crippen molar-refractivity contribution in [1.82, 2.24) is 10.6 Å². The van der Waals surface area contributed by atoms with Crippen molar-refractivity contribution in [1.29, 1.82) is 0 Å². The topological polar surface area (TPSA) is 54.3 Å². The summed E-state index contributed by atoms with van der Waals surface area (Å²) in [5.41, 5.74) is 0.916. The van der Waals surface area contributed by atoms with Crippen LogP contribution in [0.5, 0.6) is 0 Å². The molecule has 1 aromatic heterocycles. The molecule has 3 heterocycles. The molecule has 2 aromatic rings. The first kappa shape index (κ1) is 14.8. The lowest BCUT2D eigenvalue weighted by Gasteiger charge is -2.28. The standard InChI is InChI=1S/C19H24N2O2/c22-19(11-13-9-15-5-6-16(10-13)21-15)20-8-7-17-12-14-3-1-2-4-18(14)23-17/h1-4,12-13,15-16,21H,5-11H2,(H,20,22). The van der Waals surface area contributed by atoms with Gasteiger partial charge in [0.2, 0.25) is 5.91 Å². The molecule has 4 nitrogen and oxygen atoms in total. The van der Waals surface area contributed by atoms with Crippen molar-refractivity contribution in [3.05, 3.63) is 36.1 Å². The largest absolute Gasteiger partial charge is 0.461 e. The fraction of sp³-hybridized carbons (Fsp3) is 0.526. The highest BCUT2D eigenvalue weighted by molar-refractivity contribution is 5.78. The molecule has 0 spiro atoms. The van der Waals surface area contributed by atoms with Crippen molar-refractivity contribution >= 4 is 16.9 Å². The number of rotatable bonds is 5. The van der Waals surface area contributed by atoms with Crippen LogP contribution < -0.4 is 10.6 Å². The summed E-state index contributed by atoms with van der Waals surface area (Å²) in [5, 5.41) is 7.80. The van der Waals surface area contributed by atoms with Gasteiger partial charge in [0.05, 0.1) is 0 Å². The Balaban J connectivity index is 1.23. The van der Waals surface area contributed by atoms with Crippen molar-refractivity contribution in [2.24, 2.45) is 5.92 Å². The summed E-state index contributed by atoms with van der Waals surface area (Å²) in [6.07, 6.45) is 6.32. The molecule has 2 N–H and O–H groups in total. The first-order valence-electron chi connectivity index (χ1n) is 8.76. The van der Waals surface area contributed by atoms with Crippen LogP contribution in [-0.4, -0.2) is 24.5 Å². The minimum atomic E-state index is 0.187. The molecule has 4 heteroatoms. The molecule has 2 atom stereocenters. The highest BCUT2D eigenvalue weighted by Crippen LogP contribution is 2.32. The van der Waals surface area contributed by atoms with Gasteiger partial charge in [0.25, 0.3) is 0 Å². The van der Waals surface area contributed by atoms with Gasteiger partial charge in [0, 0.05) is 36.9 Å². The fourth-order valence-electron chi connectivity index (χ4n) is 4.16. The lowest BCUT2D eigenvalue weighted by molar-refractivity contribution is -0.122. The number of benzene rings is 1. The van der Waals surface area contributed by atoms with E-state index in [0.29, 0.717) is 31.0 Å². The smallest absolute Gasteiger partial charge is 0.220 e. The Kier molecular flexibility index (Phi) is 4.08. The van der Waals surface area contributed by atoms with E-state index in [1.165, 1.54) is 12.8 Å². The van der Waals surface area contributed by atoms with Crippen molar-refractivity contribution in [3.8, 4) is 0 Å². The Morgan fingerprint density at radius 2 is 2.00 bits per heavy atom. The van der Waals surface area contributed by atoms with E-state index in [2.05, 4.69) is 16.7 Å². The Hall–Kier alpha value is -1.81. The Morgan fingerprint density at radius 1 is 1.22 bits per heavy atom. The van der Waals surface area contributed by atoms with Crippen LogP contribution in [0.2, 0.25) is 0 Å². The monoisotopic (exact) mass is 312 g/mol. The molecule has 2 saturated heterocycles. The van der Waals surface area contributed by atoms with Crippen LogP contribution in [0.3, 0.4) is 0 Å². The van der Waals surface area contributed by atoms with Gasteiger partial charge >= 0.3 is 0 Å². The van der Waals surface area contributed by atoms with Crippen molar-refractivity contribution in [2.75, 3.05) is 6.54 Å². The van der Waals surface area contributed by atoms with E-state index in [4.69, 9.17) is 4.42 Å². The maximum Gasteiger partial charge on any atom is 0.220 e. The second kappa shape index (κ2) is 6.36. The van der Waals surface area contributed by atoms with Gasteiger partial charge in [-0.05, 0) is 43.7 Å². The van der Waals surface area contributed by atoms with Gasteiger partial charge in [-0.3, -0.25) is 4.79 Å². The zero-order chi connectivity index (χ0) is 15.6. The third-order valence-corrected chi connectivity index (χ3v) is 5.21. The third-order valence-electron chi connectivity index (χ3n) is 5.21. The lowest BCUT2D eigenvalue weighted by Crippen LogP contribution is -2.39. The number of furan rings is 1. The zero-order valence-corrected chi connectivity index (χ0v) is 13.4. The van der Waals surface area contributed by atoms with E-state index in [0.717, 1.165) is 36.0 Å². The second-order valence-corrected chi connectivity index (χ2v) is 7.03. The molecule has 2 aliphatic heterocycles. The van der Waals surface area contributed by atoms with E-state index in [9.17, 15) is 4.79 Å². The lowest BCUT2D eigenvalue weighted by atomic mass is 9.89. The molecule has 1 aromatic carbocycles. The maximum absolute atomic E-state index is 12.1. The number of piperidine rings is 1. The van der Waals surface area contributed by atoms with Gasteiger partial charge in [0.15, 0.2) is 0 Å². The van der Waals surface area contributed by atoms with E-state index in [1.807, 2.05) is 24.3 Å². The predicted molar refractivity (Wildman–Crippen MR) is 90.2 cm³/mol. The first-order chi connectivity index (χ1) is 11.3. The van der Waals surface area contributed by atoms with Gasteiger partial charge in [0.1, 0.15) is 11.3 Å². The molecule has 2 unspecified atom stereocenters. The van der Waals surface area contributed by atoms with Crippen LogP contribution in [-0.2, 0) is 11.2 Å².